The Kier molecular flexibility index (Phi) is 5.84. The molecule has 0 fully saturated rings. The van der Waals surface area contributed by atoms with Crippen molar-refractivity contribution in [2.75, 3.05) is 0 Å². The summed E-state index contributed by atoms with van der Waals surface area (Å²) in [4.78, 5) is 0. The van der Waals surface area contributed by atoms with Crippen LogP contribution in [0.4, 0.5) is 0 Å². The maximum atomic E-state index is 8.95. The molecule has 0 spiro atoms. The molecule has 0 aliphatic rings. The minimum absolute atomic E-state index is 0.0319. The largest absolute Gasteiger partial charge is 0.384 e. The summed E-state index contributed by atoms with van der Waals surface area (Å²) in [5, 5.41) is 17.0. The van der Waals surface area contributed by atoms with Crippen molar-refractivity contribution in [3.05, 3.63) is 108 Å². The monoisotopic (exact) mass is 363 g/mol. The first-order valence-corrected chi connectivity index (χ1v) is 8.98. The highest BCUT2D eigenvalue weighted by Crippen LogP contribution is 2.27. The van der Waals surface area contributed by atoms with Gasteiger partial charge in [0.15, 0.2) is 0 Å². The van der Waals surface area contributed by atoms with Gasteiger partial charge in [-0.25, -0.2) is 0 Å². The van der Waals surface area contributed by atoms with Gasteiger partial charge in [0.1, 0.15) is 5.84 Å². The Balaban J connectivity index is 2.11. The fraction of sp³-hybridized carbons (Fsp3) is 0.0400. The van der Waals surface area contributed by atoms with Gasteiger partial charge in [-0.2, -0.15) is 5.26 Å². The second-order valence-electron chi connectivity index (χ2n) is 6.50. The van der Waals surface area contributed by atoms with E-state index in [0.29, 0.717) is 11.1 Å². The molecule has 0 aliphatic heterocycles. The highest BCUT2D eigenvalue weighted by Gasteiger charge is 2.07. The van der Waals surface area contributed by atoms with E-state index in [4.69, 9.17) is 16.4 Å². The fourth-order valence-electron chi connectivity index (χ4n) is 2.98. The van der Waals surface area contributed by atoms with E-state index >= 15 is 0 Å². The van der Waals surface area contributed by atoms with Gasteiger partial charge < -0.3 is 5.73 Å². The van der Waals surface area contributed by atoms with Gasteiger partial charge in [0.05, 0.1) is 11.6 Å². The molecule has 0 aliphatic carbocycles. The summed E-state index contributed by atoms with van der Waals surface area (Å²) in [6, 6.07) is 31.5. The van der Waals surface area contributed by atoms with Gasteiger partial charge in [-0.1, -0.05) is 84.4 Å². The van der Waals surface area contributed by atoms with E-state index in [-0.39, 0.29) is 5.84 Å². The van der Waals surface area contributed by atoms with Gasteiger partial charge in [0.25, 0.3) is 0 Å². The Bertz CT molecular complexity index is 1090. The lowest BCUT2D eigenvalue weighted by Crippen LogP contribution is -2.11. The summed E-state index contributed by atoms with van der Waals surface area (Å²) >= 11 is 0. The lowest BCUT2D eigenvalue weighted by molar-refractivity contribution is 1.42. The maximum absolute atomic E-state index is 8.95. The number of rotatable bonds is 3. The van der Waals surface area contributed by atoms with E-state index in [1.165, 1.54) is 0 Å². The van der Waals surface area contributed by atoms with Crippen LogP contribution in [0.2, 0.25) is 0 Å². The first kappa shape index (κ1) is 18.9. The third-order valence-electron chi connectivity index (χ3n) is 4.45. The van der Waals surface area contributed by atoms with E-state index < -0.39 is 0 Å². The third kappa shape index (κ3) is 4.44. The van der Waals surface area contributed by atoms with E-state index in [1.54, 1.807) is 0 Å². The number of hydrogen-bond acceptors (Lipinski definition) is 2. The molecule has 28 heavy (non-hydrogen) atoms. The Labute approximate surface area is 165 Å². The molecule has 3 nitrogen and oxygen atoms in total. The molecule has 0 heterocycles. The van der Waals surface area contributed by atoms with Crippen LogP contribution in [0.3, 0.4) is 0 Å². The number of benzene rings is 2. The van der Waals surface area contributed by atoms with Gasteiger partial charge in [0.2, 0.25) is 0 Å². The number of nitrogen functional groups attached to an aromatic ring is 1. The van der Waals surface area contributed by atoms with Gasteiger partial charge in [0, 0.05) is 5.56 Å². The molecule has 3 heteroatoms. The Hall–Kier alpha value is -3.90. The molecule has 136 valence electrons. The number of nitriles is 1. The summed E-state index contributed by atoms with van der Waals surface area (Å²) in [5.41, 5.74) is 12.3. The topological polar surface area (TPSA) is 73.7 Å². The van der Waals surface area contributed by atoms with Gasteiger partial charge in [-0.05, 0) is 41.3 Å². The van der Waals surface area contributed by atoms with Crippen molar-refractivity contribution in [3.63, 3.8) is 0 Å². The molecule has 0 unspecified atom stereocenters. The molecular formula is C25H21N3. The molecule has 0 saturated heterocycles. The minimum Gasteiger partial charge on any atom is -0.384 e. The van der Waals surface area contributed by atoms with Crippen LogP contribution in [0.15, 0.2) is 91.0 Å². The third-order valence-corrected chi connectivity index (χ3v) is 4.45. The molecule has 0 aromatic heterocycles. The maximum Gasteiger partial charge on any atom is 0.123 e. The van der Waals surface area contributed by atoms with Crippen molar-refractivity contribution in [1.82, 2.24) is 0 Å². The molecule has 3 aromatic rings. The van der Waals surface area contributed by atoms with Crippen molar-refractivity contribution in [1.29, 1.82) is 10.7 Å². The van der Waals surface area contributed by atoms with Crippen molar-refractivity contribution >= 4 is 5.84 Å². The number of hydrogen-bond donors (Lipinski definition) is 2. The normalized spacial score (nSPS) is 9.86. The second-order valence-corrected chi connectivity index (χ2v) is 6.50. The molecule has 0 atom stereocenters. The Morgan fingerprint density at radius 2 is 1.32 bits per heavy atom. The quantitative estimate of drug-likeness (QED) is 0.469. The minimum atomic E-state index is 0.0319. The molecule has 3 N–H and O–H groups in total. The fourth-order valence-corrected chi connectivity index (χ4v) is 2.98. The lowest BCUT2D eigenvalue weighted by Gasteiger charge is -2.09. The van der Waals surface area contributed by atoms with Gasteiger partial charge >= 0.3 is 0 Å². The molecule has 0 radical (unpaired) electrons. The van der Waals surface area contributed by atoms with Crippen LogP contribution in [0.25, 0.3) is 22.3 Å². The van der Waals surface area contributed by atoms with E-state index in [0.717, 1.165) is 27.8 Å². The zero-order valence-corrected chi connectivity index (χ0v) is 15.7. The first-order valence-electron chi connectivity index (χ1n) is 8.98. The van der Waals surface area contributed by atoms with Crippen LogP contribution in [0.1, 0.15) is 16.7 Å². The average Bonchev–Trinajstić information content (AvgIpc) is 2.72. The van der Waals surface area contributed by atoms with Crippen molar-refractivity contribution in [3.8, 4) is 28.3 Å². The molecule has 3 aromatic carbocycles. The average molecular weight is 363 g/mol. The van der Waals surface area contributed by atoms with E-state index in [9.17, 15) is 0 Å². The predicted octanol–water partition coefficient (Wildman–Crippen LogP) is 5.61. The van der Waals surface area contributed by atoms with Crippen LogP contribution in [0, 0.1) is 23.7 Å². The number of nitrogens with zero attached hydrogens (tertiary/aromatic N) is 1. The number of amidine groups is 1. The van der Waals surface area contributed by atoms with Gasteiger partial charge in [-0.3, -0.25) is 5.41 Å². The zero-order chi connectivity index (χ0) is 19.9. The van der Waals surface area contributed by atoms with Crippen LogP contribution < -0.4 is 5.73 Å². The molecular weight excluding hydrogens is 342 g/mol. The van der Waals surface area contributed by atoms with Gasteiger partial charge in [-0.15, -0.1) is 0 Å². The highest BCUT2D eigenvalue weighted by atomic mass is 14.7. The molecule has 0 amide bonds. The van der Waals surface area contributed by atoms with Crippen LogP contribution in [-0.4, -0.2) is 5.84 Å². The van der Waals surface area contributed by atoms with E-state index in [1.807, 2.05) is 97.9 Å². The van der Waals surface area contributed by atoms with Crippen LogP contribution in [-0.2, 0) is 0 Å². The zero-order valence-electron chi connectivity index (χ0n) is 15.7. The predicted molar refractivity (Wildman–Crippen MR) is 115 cm³/mol. The van der Waals surface area contributed by atoms with Crippen molar-refractivity contribution < 1.29 is 0 Å². The van der Waals surface area contributed by atoms with Crippen molar-refractivity contribution in [2.24, 2.45) is 5.73 Å². The number of aryl methyl sites for hydroxylation is 1. The summed E-state index contributed by atoms with van der Waals surface area (Å²) in [7, 11) is 0. The highest BCUT2D eigenvalue weighted by molar-refractivity contribution is 6.01. The van der Waals surface area contributed by atoms with Crippen molar-refractivity contribution in [2.45, 2.75) is 6.92 Å². The Morgan fingerprint density at radius 3 is 1.89 bits per heavy atom. The number of nitrogens with two attached hydrogens (primary N) is 1. The molecule has 0 saturated carbocycles. The van der Waals surface area contributed by atoms with Crippen LogP contribution in [0.5, 0.6) is 0 Å². The van der Waals surface area contributed by atoms with Crippen LogP contribution >= 0.6 is 0 Å². The smallest absolute Gasteiger partial charge is 0.123 e. The van der Waals surface area contributed by atoms with E-state index in [2.05, 4.69) is 6.07 Å². The SMILES string of the molecule is Cc1ccccccc(C(=N)N)c(-c2ccc(-c3ccc(C#N)cc3)cc2)c1. The molecule has 0 bridgehead atoms. The summed E-state index contributed by atoms with van der Waals surface area (Å²) in [6.07, 6.45) is 0. The number of nitrogens with one attached hydrogen (secondary N) is 1. The first-order chi connectivity index (χ1) is 13.6. The summed E-state index contributed by atoms with van der Waals surface area (Å²) in [6.45, 7) is 2.03. The summed E-state index contributed by atoms with van der Waals surface area (Å²) in [5.74, 6) is 0.0319. The summed E-state index contributed by atoms with van der Waals surface area (Å²) < 4.78 is 0. The molecule has 3 rings (SSSR count). The Morgan fingerprint density at radius 1 is 0.786 bits per heavy atom. The lowest BCUT2D eigenvalue weighted by atomic mass is 9.96. The standard InChI is InChI=1S/C25H21N3/c1-18-6-4-2-3-5-7-23(25(27)28)24(16-18)22-14-12-21(13-15-22)20-10-8-19(17-26)9-11-20/h2-16H,1H3,(H3,27,28). The second kappa shape index (κ2) is 8.66.